The number of aromatic nitrogens is 3. The average Bonchev–Trinajstić information content (AvgIpc) is 2.88. The van der Waals surface area contributed by atoms with Gasteiger partial charge in [-0.05, 0) is 31.2 Å². The third-order valence-corrected chi connectivity index (χ3v) is 2.95. The zero-order valence-electron chi connectivity index (χ0n) is 11.0. The van der Waals surface area contributed by atoms with Crippen molar-refractivity contribution in [3.05, 3.63) is 54.6 Å². The van der Waals surface area contributed by atoms with Gasteiger partial charge in [0.25, 0.3) is 0 Å². The number of hydrogen-bond acceptors (Lipinski definition) is 4. The van der Waals surface area contributed by atoms with Gasteiger partial charge in [0, 0.05) is 24.2 Å². The normalized spacial score (nSPS) is 10.7. The maximum absolute atomic E-state index is 12.1. The molecule has 0 saturated carbocycles. The highest BCUT2D eigenvalue weighted by atomic mass is 16.5. The molecule has 0 fully saturated rings. The lowest BCUT2D eigenvalue weighted by Gasteiger charge is -2.04. The van der Waals surface area contributed by atoms with Crippen LogP contribution in [0.1, 0.15) is 17.4 Å². The van der Waals surface area contributed by atoms with E-state index < -0.39 is 5.97 Å². The van der Waals surface area contributed by atoms with Gasteiger partial charge in [0.15, 0.2) is 5.69 Å². The van der Waals surface area contributed by atoms with Crippen molar-refractivity contribution in [1.29, 1.82) is 0 Å². The largest absolute Gasteiger partial charge is 0.461 e. The molecule has 3 heterocycles. The molecule has 0 radical (unpaired) electrons. The molecule has 0 spiro atoms. The van der Waals surface area contributed by atoms with Crippen LogP contribution >= 0.6 is 0 Å². The van der Waals surface area contributed by atoms with Gasteiger partial charge >= 0.3 is 5.97 Å². The summed E-state index contributed by atoms with van der Waals surface area (Å²) >= 11 is 0. The van der Waals surface area contributed by atoms with E-state index in [0.29, 0.717) is 17.9 Å². The Morgan fingerprint density at radius 3 is 2.80 bits per heavy atom. The van der Waals surface area contributed by atoms with Crippen molar-refractivity contribution in [2.75, 3.05) is 6.61 Å². The number of rotatable bonds is 3. The molecular weight excluding hydrogens is 254 g/mol. The van der Waals surface area contributed by atoms with E-state index in [2.05, 4.69) is 9.97 Å². The molecule has 0 aliphatic heterocycles. The first-order valence-corrected chi connectivity index (χ1v) is 6.36. The number of pyridine rings is 2. The van der Waals surface area contributed by atoms with Crippen molar-refractivity contribution in [3.8, 4) is 11.3 Å². The third kappa shape index (κ3) is 2.03. The molecule has 0 aromatic carbocycles. The lowest BCUT2D eigenvalue weighted by Crippen LogP contribution is -2.07. The van der Waals surface area contributed by atoms with Gasteiger partial charge in [-0.15, -0.1) is 0 Å². The molecule has 0 amide bonds. The van der Waals surface area contributed by atoms with Crippen LogP contribution < -0.4 is 0 Å². The fraction of sp³-hybridized carbons (Fsp3) is 0.133. The second-order valence-corrected chi connectivity index (χ2v) is 4.19. The summed E-state index contributed by atoms with van der Waals surface area (Å²) < 4.78 is 6.97. The number of esters is 1. The van der Waals surface area contributed by atoms with Crippen molar-refractivity contribution >= 4 is 11.6 Å². The summed E-state index contributed by atoms with van der Waals surface area (Å²) in [6.07, 6.45) is 5.25. The third-order valence-electron chi connectivity index (χ3n) is 2.95. The average molecular weight is 267 g/mol. The minimum Gasteiger partial charge on any atom is -0.461 e. The van der Waals surface area contributed by atoms with E-state index >= 15 is 0 Å². The van der Waals surface area contributed by atoms with Crippen LogP contribution in [0.3, 0.4) is 0 Å². The Hall–Kier alpha value is -2.69. The molecule has 3 aromatic heterocycles. The molecule has 20 heavy (non-hydrogen) atoms. The van der Waals surface area contributed by atoms with Crippen molar-refractivity contribution in [2.45, 2.75) is 6.92 Å². The number of carbonyl (C=O) groups is 1. The Balaban J connectivity index is 2.26. The van der Waals surface area contributed by atoms with E-state index in [1.165, 1.54) is 0 Å². The van der Waals surface area contributed by atoms with Crippen LogP contribution in [0.5, 0.6) is 0 Å². The molecular formula is C15H13N3O2. The number of nitrogens with zero attached hydrogens (tertiary/aromatic N) is 3. The number of imidazole rings is 1. The highest BCUT2D eigenvalue weighted by Crippen LogP contribution is 2.25. The van der Waals surface area contributed by atoms with Crippen LogP contribution in [-0.4, -0.2) is 26.9 Å². The summed E-state index contributed by atoms with van der Waals surface area (Å²) in [5, 5.41) is 0. The molecule has 0 saturated heterocycles. The highest BCUT2D eigenvalue weighted by molar-refractivity contribution is 5.95. The van der Waals surface area contributed by atoms with Gasteiger partial charge in [0.1, 0.15) is 5.65 Å². The molecule has 3 rings (SSSR count). The van der Waals surface area contributed by atoms with Crippen molar-refractivity contribution in [2.24, 2.45) is 0 Å². The first-order valence-electron chi connectivity index (χ1n) is 6.36. The van der Waals surface area contributed by atoms with Gasteiger partial charge in [-0.2, -0.15) is 0 Å². The fourth-order valence-corrected chi connectivity index (χ4v) is 2.12. The number of carbonyl (C=O) groups excluding carboxylic acids is 1. The molecule has 100 valence electrons. The van der Waals surface area contributed by atoms with Crippen LogP contribution in [0.25, 0.3) is 16.9 Å². The van der Waals surface area contributed by atoms with E-state index in [1.54, 1.807) is 19.3 Å². The smallest absolute Gasteiger partial charge is 0.359 e. The fourth-order valence-electron chi connectivity index (χ4n) is 2.12. The van der Waals surface area contributed by atoms with Gasteiger partial charge in [0.2, 0.25) is 0 Å². The zero-order chi connectivity index (χ0) is 13.9. The molecule has 5 nitrogen and oxygen atoms in total. The van der Waals surface area contributed by atoms with Crippen LogP contribution in [0.2, 0.25) is 0 Å². The molecule has 5 heteroatoms. The van der Waals surface area contributed by atoms with Crippen LogP contribution in [0, 0.1) is 0 Å². The quantitative estimate of drug-likeness (QED) is 0.684. The maximum Gasteiger partial charge on any atom is 0.359 e. The van der Waals surface area contributed by atoms with Crippen LogP contribution in [-0.2, 0) is 4.74 Å². The van der Waals surface area contributed by atoms with E-state index in [9.17, 15) is 4.79 Å². The van der Waals surface area contributed by atoms with Crippen LogP contribution in [0.4, 0.5) is 0 Å². The molecule has 3 aromatic rings. The van der Waals surface area contributed by atoms with Gasteiger partial charge < -0.3 is 4.74 Å². The first kappa shape index (κ1) is 12.3. The molecule has 0 atom stereocenters. The zero-order valence-corrected chi connectivity index (χ0v) is 11.0. The minimum atomic E-state index is -0.414. The van der Waals surface area contributed by atoms with Crippen molar-refractivity contribution < 1.29 is 9.53 Å². The Morgan fingerprint density at radius 1 is 1.25 bits per heavy atom. The standard InChI is InChI=1S/C15H13N3O2/c1-2-20-15(19)13-14(11-6-8-16-9-7-11)18-10-4-3-5-12(18)17-13/h3-10H,2H2,1H3. The Bertz CT molecular complexity index is 750. The summed E-state index contributed by atoms with van der Waals surface area (Å²) in [5.74, 6) is -0.414. The number of hydrogen-bond donors (Lipinski definition) is 0. The maximum atomic E-state index is 12.1. The number of ether oxygens (including phenoxy) is 1. The van der Waals surface area contributed by atoms with E-state index in [4.69, 9.17) is 4.74 Å². The number of fused-ring (bicyclic) bond motifs is 1. The Labute approximate surface area is 115 Å². The SMILES string of the molecule is CCOC(=O)c1nc2ccccn2c1-c1ccncc1. The van der Waals surface area contributed by atoms with Gasteiger partial charge in [-0.1, -0.05) is 6.07 Å². The van der Waals surface area contributed by atoms with Crippen molar-refractivity contribution in [1.82, 2.24) is 14.4 Å². The van der Waals surface area contributed by atoms with Crippen LogP contribution in [0.15, 0.2) is 48.9 Å². The Kier molecular flexibility index (Phi) is 3.16. The molecule has 0 bridgehead atoms. The van der Waals surface area contributed by atoms with Gasteiger partial charge in [0.05, 0.1) is 12.3 Å². The van der Waals surface area contributed by atoms with Gasteiger partial charge in [-0.25, -0.2) is 9.78 Å². The van der Waals surface area contributed by atoms with E-state index in [1.807, 2.05) is 40.9 Å². The topological polar surface area (TPSA) is 56.5 Å². The lowest BCUT2D eigenvalue weighted by molar-refractivity contribution is 0.0521. The summed E-state index contributed by atoms with van der Waals surface area (Å²) in [6, 6.07) is 9.33. The molecule has 0 unspecified atom stereocenters. The molecule has 0 N–H and O–H groups in total. The summed E-state index contributed by atoms with van der Waals surface area (Å²) in [7, 11) is 0. The summed E-state index contributed by atoms with van der Waals surface area (Å²) in [4.78, 5) is 20.5. The highest BCUT2D eigenvalue weighted by Gasteiger charge is 2.20. The molecule has 0 aliphatic rings. The second kappa shape index (κ2) is 5.13. The monoisotopic (exact) mass is 267 g/mol. The van der Waals surface area contributed by atoms with Gasteiger partial charge in [-0.3, -0.25) is 9.38 Å². The van der Waals surface area contributed by atoms with E-state index in [-0.39, 0.29) is 0 Å². The summed E-state index contributed by atoms with van der Waals surface area (Å²) in [6.45, 7) is 2.10. The second-order valence-electron chi connectivity index (χ2n) is 4.19. The molecule has 0 aliphatic carbocycles. The van der Waals surface area contributed by atoms with E-state index in [0.717, 1.165) is 11.3 Å². The predicted octanol–water partition coefficient (Wildman–Crippen LogP) is 2.57. The Morgan fingerprint density at radius 2 is 2.05 bits per heavy atom. The van der Waals surface area contributed by atoms with Crippen molar-refractivity contribution in [3.63, 3.8) is 0 Å². The summed E-state index contributed by atoms with van der Waals surface area (Å²) in [5.41, 5.74) is 2.63. The minimum absolute atomic E-state index is 0.322. The predicted molar refractivity (Wildman–Crippen MR) is 74.4 cm³/mol. The first-order chi connectivity index (χ1) is 9.81. The lowest BCUT2D eigenvalue weighted by atomic mass is 10.1.